The Morgan fingerprint density at radius 3 is 2.45 bits per heavy atom. The van der Waals surface area contributed by atoms with Crippen LogP contribution in [0.25, 0.3) is 0 Å². The Morgan fingerprint density at radius 1 is 1.27 bits per heavy atom. The Bertz CT molecular complexity index is 558. The number of nitrogens with zero attached hydrogens (tertiary/aromatic N) is 1. The van der Waals surface area contributed by atoms with E-state index >= 15 is 0 Å². The van der Waals surface area contributed by atoms with Gasteiger partial charge in [-0.3, -0.25) is 14.6 Å². The lowest BCUT2D eigenvalue weighted by Crippen LogP contribution is -2.43. The Hall–Kier alpha value is -1.95. The molecule has 0 saturated heterocycles. The van der Waals surface area contributed by atoms with E-state index in [0.29, 0.717) is 11.6 Å². The summed E-state index contributed by atoms with van der Waals surface area (Å²) in [6, 6.07) is 3.15. The summed E-state index contributed by atoms with van der Waals surface area (Å²) in [5.74, 6) is -0.181. The van der Waals surface area contributed by atoms with Crippen LogP contribution >= 0.6 is 0 Å². The van der Waals surface area contributed by atoms with Gasteiger partial charge >= 0.3 is 0 Å². The molecule has 1 saturated carbocycles. The highest BCUT2D eigenvalue weighted by Gasteiger charge is 2.32. The molecule has 1 aromatic heterocycles. The number of hydrogen-bond donors (Lipinski definition) is 3. The quantitative estimate of drug-likeness (QED) is 0.785. The van der Waals surface area contributed by atoms with E-state index in [4.69, 9.17) is 11.5 Å². The fourth-order valence-electron chi connectivity index (χ4n) is 2.99. The zero-order valence-electron chi connectivity index (χ0n) is 13.1. The molecule has 1 aromatic rings. The lowest BCUT2D eigenvalue weighted by Gasteiger charge is -2.36. The summed E-state index contributed by atoms with van der Waals surface area (Å²) in [5.41, 5.74) is 11.8. The van der Waals surface area contributed by atoms with E-state index in [1.54, 1.807) is 6.07 Å². The Balaban J connectivity index is 1.94. The molecule has 1 aliphatic rings. The van der Waals surface area contributed by atoms with Crippen LogP contribution in [0.5, 0.6) is 0 Å². The third-order valence-electron chi connectivity index (χ3n) is 4.43. The van der Waals surface area contributed by atoms with Gasteiger partial charge in [0.05, 0.1) is 0 Å². The molecule has 0 unspecified atom stereocenters. The topological polar surface area (TPSA) is 111 Å². The molecule has 0 atom stereocenters. The van der Waals surface area contributed by atoms with Crippen LogP contribution in [0.4, 0.5) is 5.69 Å². The van der Waals surface area contributed by atoms with Crippen LogP contribution < -0.4 is 16.8 Å². The molecular formula is C16H24N4O2. The molecule has 1 fully saturated rings. The standard InChI is InChI=1S/C16H24N4O2/c1-16(2,18)11-5-3-10(4-6-11)15(22)20-12-7-8-19-13(9-12)14(17)21/h7-11H,3-6,18H2,1-2H3,(H2,17,21)(H,19,20,22)/t10-,11-. The van der Waals surface area contributed by atoms with Crippen molar-refractivity contribution in [3.63, 3.8) is 0 Å². The number of hydrogen-bond acceptors (Lipinski definition) is 4. The van der Waals surface area contributed by atoms with E-state index in [0.717, 1.165) is 25.7 Å². The number of nitrogens with two attached hydrogens (primary N) is 2. The van der Waals surface area contributed by atoms with Gasteiger partial charge in [-0.25, -0.2) is 0 Å². The summed E-state index contributed by atoms with van der Waals surface area (Å²) in [4.78, 5) is 27.3. The minimum Gasteiger partial charge on any atom is -0.364 e. The second-order valence-electron chi connectivity index (χ2n) is 6.65. The number of nitrogens with one attached hydrogen (secondary N) is 1. The van der Waals surface area contributed by atoms with E-state index in [9.17, 15) is 9.59 Å². The highest BCUT2D eigenvalue weighted by atomic mass is 16.2. The number of amides is 2. The van der Waals surface area contributed by atoms with Gasteiger partial charge in [0, 0.05) is 23.3 Å². The van der Waals surface area contributed by atoms with Crippen LogP contribution in [-0.2, 0) is 4.79 Å². The third kappa shape index (κ3) is 4.04. The number of carbonyl (C=O) groups is 2. The molecule has 0 aromatic carbocycles. The van der Waals surface area contributed by atoms with Gasteiger partial charge in [0.1, 0.15) is 5.69 Å². The number of aromatic nitrogens is 1. The first kappa shape index (κ1) is 16.4. The van der Waals surface area contributed by atoms with Crippen LogP contribution in [0, 0.1) is 11.8 Å². The molecule has 0 radical (unpaired) electrons. The van der Waals surface area contributed by atoms with Crippen molar-refractivity contribution >= 4 is 17.5 Å². The number of rotatable bonds is 4. The Labute approximate surface area is 130 Å². The van der Waals surface area contributed by atoms with E-state index < -0.39 is 5.91 Å². The fourth-order valence-corrected chi connectivity index (χ4v) is 2.99. The molecule has 1 aliphatic carbocycles. The smallest absolute Gasteiger partial charge is 0.267 e. The van der Waals surface area contributed by atoms with Gasteiger partial charge in [0.2, 0.25) is 5.91 Å². The van der Waals surface area contributed by atoms with Gasteiger partial charge in [-0.2, -0.15) is 0 Å². The summed E-state index contributed by atoms with van der Waals surface area (Å²) in [5, 5.41) is 2.84. The van der Waals surface area contributed by atoms with Crippen molar-refractivity contribution in [1.29, 1.82) is 0 Å². The first-order valence-electron chi connectivity index (χ1n) is 7.63. The van der Waals surface area contributed by atoms with Crippen molar-refractivity contribution in [1.82, 2.24) is 4.98 Å². The van der Waals surface area contributed by atoms with E-state index in [1.807, 2.05) is 13.8 Å². The molecule has 5 N–H and O–H groups in total. The molecule has 0 spiro atoms. The van der Waals surface area contributed by atoms with Gasteiger partial charge < -0.3 is 16.8 Å². The minimum absolute atomic E-state index is 0.0104. The summed E-state index contributed by atoms with van der Waals surface area (Å²) in [6.45, 7) is 4.08. The number of pyridine rings is 1. The predicted molar refractivity (Wildman–Crippen MR) is 85.1 cm³/mol. The molecule has 0 aliphatic heterocycles. The van der Waals surface area contributed by atoms with Crippen LogP contribution in [0.1, 0.15) is 50.0 Å². The highest BCUT2D eigenvalue weighted by molar-refractivity contribution is 5.95. The van der Waals surface area contributed by atoms with Crippen molar-refractivity contribution in [2.45, 2.75) is 45.1 Å². The molecule has 120 valence electrons. The maximum Gasteiger partial charge on any atom is 0.267 e. The molecule has 22 heavy (non-hydrogen) atoms. The maximum absolute atomic E-state index is 12.3. The van der Waals surface area contributed by atoms with Gasteiger partial charge in [0.15, 0.2) is 0 Å². The predicted octanol–water partition coefficient (Wildman–Crippen LogP) is 1.66. The van der Waals surface area contributed by atoms with Crippen molar-refractivity contribution in [2.24, 2.45) is 23.3 Å². The summed E-state index contributed by atoms with van der Waals surface area (Å²) in [7, 11) is 0. The van der Waals surface area contributed by atoms with Gasteiger partial charge in [-0.1, -0.05) is 0 Å². The second kappa shape index (κ2) is 6.44. The first-order chi connectivity index (χ1) is 10.3. The summed E-state index contributed by atoms with van der Waals surface area (Å²) in [6.07, 6.45) is 5.06. The molecule has 2 amide bonds. The zero-order chi connectivity index (χ0) is 16.3. The molecular weight excluding hydrogens is 280 g/mol. The van der Waals surface area contributed by atoms with E-state index in [2.05, 4.69) is 10.3 Å². The van der Waals surface area contributed by atoms with Crippen LogP contribution in [0.3, 0.4) is 0 Å². The number of primary amides is 1. The normalized spacial score (nSPS) is 22.1. The van der Waals surface area contributed by atoms with Gasteiger partial charge in [0.25, 0.3) is 5.91 Å². The third-order valence-corrected chi connectivity index (χ3v) is 4.43. The zero-order valence-corrected chi connectivity index (χ0v) is 13.1. The van der Waals surface area contributed by atoms with Gasteiger partial charge in [-0.15, -0.1) is 0 Å². The molecule has 2 rings (SSSR count). The van der Waals surface area contributed by atoms with Crippen LogP contribution in [0.2, 0.25) is 0 Å². The molecule has 6 nitrogen and oxygen atoms in total. The highest BCUT2D eigenvalue weighted by Crippen LogP contribution is 2.34. The maximum atomic E-state index is 12.3. The first-order valence-corrected chi connectivity index (χ1v) is 7.63. The van der Waals surface area contributed by atoms with E-state index in [1.165, 1.54) is 12.3 Å². The Morgan fingerprint density at radius 2 is 1.91 bits per heavy atom. The van der Waals surface area contributed by atoms with E-state index in [-0.39, 0.29) is 23.1 Å². The largest absolute Gasteiger partial charge is 0.364 e. The summed E-state index contributed by atoms with van der Waals surface area (Å²) >= 11 is 0. The molecule has 0 bridgehead atoms. The van der Waals surface area contributed by atoms with Crippen molar-refractivity contribution in [3.8, 4) is 0 Å². The average Bonchev–Trinajstić information content (AvgIpc) is 2.46. The van der Waals surface area contributed by atoms with Crippen LogP contribution in [0.15, 0.2) is 18.3 Å². The lowest BCUT2D eigenvalue weighted by atomic mass is 9.73. The van der Waals surface area contributed by atoms with Crippen molar-refractivity contribution in [3.05, 3.63) is 24.0 Å². The Kier molecular flexibility index (Phi) is 4.81. The van der Waals surface area contributed by atoms with Gasteiger partial charge in [-0.05, 0) is 57.6 Å². The summed E-state index contributed by atoms with van der Waals surface area (Å²) < 4.78 is 0. The lowest BCUT2D eigenvalue weighted by molar-refractivity contribution is -0.121. The molecule has 6 heteroatoms. The number of anilines is 1. The number of carbonyl (C=O) groups excluding carboxylic acids is 2. The average molecular weight is 304 g/mol. The minimum atomic E-state index is -0.609. The van der Waals surface area contributed by atoms with Crippen LogP contribution in [-0.4, -0.2) is 22.3 Å². The SMILES string of the molecule is CC(C)(N)[C@H]1CC[C@H](C(=O)Nc2ccnc(C(N)=O)c2)CC1. The fraction of sp³-hybridized carbons (Fsp3) is 0.562. The molecule has 1 heterocycles. The second-order valence-corrected chi connectivity index (χ2v) is 6.65. The monoisotopic (exact) mass is 304 g/mol. The van der Waals surface area contributed by atoms with Crippen molar-refractivity contribution < 1.29 is 9.59 Å². The van der Waals surface area contributed by atoms with Crippen molar-refractivity contribution in [2.75, 3.05) is 5.32 Å².